The van der Waals surface area contributed by atoms with Crippen molar-refractivity contribution >= 4 is 16.9 Å². The van der Waals surface area contributed by atoms with Crippen molar-refractivity contribution in [1.82, 2.24) is 4.57 Å². The van der Waals surface area contributed by atoms with Gasteiger partial charge in [-0.05, 0) is 25.1 Å². The molecule has 4 heteroatoms. The summed E-state index contributed by atoms with van der Waals surface area (Å²) >= 11 is 0. The summed E-state index contributed by atoms with van der Waals surface area (Å²) in [5.41, 5.74) is 1.21. The van der Waals surface area contributed by atoms with Crippen molar-refractivity contribution in [3.8, 4) is 0 Å². The van der Waals surface area contributed by atoms with Crippen LogP contribution in [0.1, 0.15) is 17.3 Å². The predicted molar refractivity (Wildman–Crippen MR) is 60.5 cm³/mol. The minimum atomic E-state index is -0.903. The minimum absolute atomic E-state index is 0.327. The lowest BCUT2D eigenvalue weighted by Gasteiger charge is -2.05. The van der Waals surface area contributed by atoms with E-state index >= 15 is 0 Å². The minimum Gasteiger partial charge on any atom is -0.478 e. The number of rotatable bonds is 4. The van der Waals surface area contributed by atoms with Crippen molar-refractivity contribution in [2.75, 3.05) is 6.61 Å². The van der Waals surface area contributed by atoms with Crippen molar-refractivity contribution in [2.24, 2.45) is 0 Å². The molecule has 0 saturated carbocycles. The second-order valence-corrected chi connectivity index (χ2v) is 3.45. The fourth-order valence-corrected chi connectivity index (χ4v) is 1.71. The number of nitrogens with zero attached hydrogens (tertiary/aromatic N) is 1. The van der Waals surface area contributed by atoms with Gasteiger partial charge in [0.1, 0.15) is 6.73 Å². The zero-order valence-electron chi connectivity index (χ0n) is 9.01. The number of hydrogen-bond acceptors (Lipinski definition) is 2. The number of carboxylic acid groups (broad SMARTS) is 1. The SMILES string of the molecule is CCOCn1ccc2c(C(=O)O)cccc21. The first kappa shape index (κ1) is 10.7. The molecule has 0 aliphatic rings. The number of aromatic carboxylic acids is 1. The zero-order chi connectivity index (χ0) is 11.5. The summed E-state index contributed by atoms with van der Waals surface area (Å²) in [5, 5.41) is 9.77. The van der Waals surface area contributed by atoms with Gasteiger partial charge in [0.2, 0.25) is 0 Å². The van der Waals surface area contributed by atoms with Crippen LogP contribution in [0, 0.1) is 0 Å². The molecule has 2 aromatic rings. The molecule has 0 radical (unpaired) electrons. The summed E-state index contributed by atoms with van der Waals surface area (Å²) in [4.78, 5) is 11.0. The highest BCUT2D eigenvalue weighted by Gasteiger charge is 2.10. The van der Waals surface area contributed by atoms with Gasteiger partial charge < -0.3 is 14.4 Å². The highest BCUT2D eigenvalue weighted by Crippen LogP contribution is 2.20. The van der Waals surface area contributed by atoms with Crippen LogP contribution in [0.4, 0.5) is 0 Å². The number of hydrogen-bond donors (Lipinski definition) is 1. The first-order valence-corrected chi connectivity index (χ1v) is 5.13. The molecule has 0 aliphatic carbocycles. The molecule has 0 bridgehead atoms. The van der Waals surface area contributed by atoms with Gasteiger partial charge in [0, 0.05) is 18.2 Å². The Morgan fingerprint density at radius 2 is 2.25 bits per heavy atom. The second kappa shape index (κ2) is 4.37. The Balaban J connectivity index is 2.48. The van der Waals surface area contributed by atoms with Gasteiger partial charge in [0.05, 0.1) is 11.1 Å². The molecular formula is C12H13NO3. The summed E-state index contributed by atoms with van der Waals surface area (Å²) in [6.07, 6.45) is 1.84. The van der Waals surface area contributed by atoms with Crippen LogP contribution >= 0.6 is 0 Å². The van der Waals surface area contributed by atoms with Crippen molar-refractivity contribution < 1.29 is 14.6 Å². The molecule has 1 N–H and O–H groups in total. The summed E-state index contributed by atoms with van der Waals surface area (Å²) in [5.74, 6) is -0.903. The Hall–Kier alpha value is -1.81. The Morgan fingerprint density at radius 1 is 1.44 bits per heavy atom. The smallest absolute Gasteiger partial charge is 0.336 e. The van der Waals surface area contributed by atoms with Crippen LogP contribution in [0.25, 0.3) is 10.9 Å². The van der Waals surface area contributed by atoms with E-state index in [2.05, 4.69) is 0 Å². The predicted octanol–water partition coefficient (Wildman–Crippen LogP) is 2.33. The normalized spacial score (nSPS) is 10.8. The number of benzene rings is 1. The Morgan fingerprint density at radius 3 is 2.94 bits per heavy atom. The number of ether oxygens (including phenoxy) is 1. The van der Waals surface area contributed by atoms with Crippen LogP contribution in [0.15, 0.2) is 30.5 Å². The van der Waals surface area contributed by atoms with Gasteiger partial charge in [-0.25, -0.2) is 4.79 Å². The highest BCUT2D eigenvalue weighted by molar-refractivity contribution is 6.02. The van der Waals surface area contributed by atoms with E-state index in [1.165, 1.54) is 0 Å². The fourth-order valence-electron chi connectivity index (χ4n) is 1.71. The third kappa shape index (κ3) is 1.79. The topological polar surface area (TPSA) is 51.5 Å². The summed E-state index contributed by atoms with van der Waals surface area (Å²) < 4.78 is 7.20. The molecule has 0 unspecified atom stereocenters. The maximum Gasteiger partial charge on any atom is 0.336 e. The van der Waals surface area contributed by atoms with E-state index in [9.17, 15) is 4.79 Å². The second-order valence-electron chi connectivity index (χ2n) is 3.45. The van der Waals surface area contributed by atoms with Gasteiger partial charge in [-0.1, -0.05) is 6.07 Å². The molecule has 84 valence electrons. The van der Waals surface area contributed by atoms with Crippen LogP contribution in [-0.4, -0.2) is 22.2 Å². The molecule has 0 aliphatic heterocycles. The molecule has 0 fully saturated rings. The lowest BCUT2D eigenvalue weighted by atomic mass is 10.1. The summed E-state index contributed by atoms with van der Waals surface area (Å²) in [6.45, 7) is 3.01. The molecule has 16 heavy (non-hydrogen) atoms. The van der Waals surface area contributed by atoms with Crippen LogP contribution in [0.2, 0.25) is 0 Å². The molecule has 0 saturated heterocycles. The lowest BCUT2D eigenvalue weighted by Crippen LogP contribution is -2.01. The molecule has 1 heterocycles. The van der Waals surface area contributed by atoms with Gasteiger partial charge in [0.25, 0.3) is 0 Å². The molecule has 4 nitrogen and oxygen atoms in total. The van der Waals surface area contributed by atoms with Gasteiger partial charge in [-0.3, -0.25) is 0 Å². The van der Waals surface area contributed by atoms with Crippen molar-refractivity contribution in [1.29, 1.82) is 0 Å². The molecule has 0 amide bonds. The zero-order valence-corrected chi connectivity index (χ0v) is 9.01. The molecule has 1 aromatic carbocycles. The largest absolute Gasteiger partial charge is 0.478 e. The Bertz CT molecular complexity index is 516. The summed E-state index contributed by atoms with van der Waals surface area (Å²) in [6, 6.07) is 7.04. The van der Waals surface area contributed by atoms with Gasteiger partial charge in [-0.2, -0.15) is 0 Å². The van der Waals surface area contributed by atoms with Crippen LogP contribution < -0.4 is 0 Å². The van der Waals surface area contributed by atoms with Crippen LogP contribution in [0.3, 0.4) is 0 Å². The average Bonchev–Trinajstić information content (AvgIpc) is 2.69. The number of carbonyl (C=O) groups is 1. The average molecular weight is 219 g/mol. The number of fused-ring (bicyclic) bond motifs is 1. The molecule has 0 spiro atoms. The molecule has 1 aromatic heterocycles. The Kier molecular flexibility index (Phi) is 2.92. The Labute approximate surface area is 93.1 Å². The maximum atomic E-state index is 11.0. The van der Waals surface area contributed by atoms with E-state index in [0.717, 1.165) is 10.9 Å². The molecular weight excluding hydrogens is 206 g/mol. The van der Waals surface area contributed by atoms with E-state index < -0.39 is 5.97 Å². The fraction of sp³-hybridized carbons (Fsp3) is 0.250. The van der Waals surface area contributed by atoms with E-state index in [4.69, 9.17) is 9.84 Å². The van der Waals surface area contributed by atoms with E-state index in [1.54, 1.807) is 18.2 Å². The first-order valence-electron chi connectivity index (χ1n) is 5.13. The third-order valence-corrected chi connectivity index (χ3v) is 2.48. The summed E-state index contributed by atoms with van der Waals surface area (Å²) in [7, 11) is 0. The quantitative estimate of drug-likeness (QED) is 0.858. The highest BCUT2D eigenvalue weighted by atomic mass is 16.5. The van der Waals surface area contributed by atoms with Crippen LogP contribution in [-0.2, 0) is 11.5 Å². The van der Waals surface area contributed by atoms with Gasteiger partial charge in [-0.15, -0.1) is 0 Å². The monoisotopic (exact) mass is 219 g/mol. The van der Waals surface area contributed by atoms with E-state index in [1.807, 2.05) is 23.8 Å². The lowest BCUT2D eigenvalue weighted by molar-refractivity contribution is 0.0699. The van der Waals surface area contributed by atoms with Crippen molar-refractivity contribution in [3.05, 3.63) is 36.0 Å². The van der Waals surface area contributed by atoms with Crippen molar-refractivity contribution in [2.45, 2.75) is 13.7 Å². The number of carboxylic acids is 1. The van der Waals surface area contributed by atoms with Crippen molar-refractivity contribution in [3.63, 3.8) is 0 Å². The maximum absolute atomic E-state index is 11.0. The standard InChI is InChI=1S/C12H13NO3/c1-2-16-8-13-7-6-9-10(12(14)15)4-3-5-11(9)13/h3-7H,2,8H2,1H3,(H,14,15). The van der Waals surface area contributed by atoms with Gasteiger partial charge in [0.15, 0.2) is 0 Å². The third-order valence-electron chi connectivity index (χ3n) is 2.48. The molecule has 2 rings (SSSR count). The van der Waals surface area contributed by atoms with Gasteiger partial charge >= 0.3 is 5.97 Å². The van der Waals surface area contributed by atoms with Crippen LogP contribution in [0.5, 0.6) is 0 Å². The van der Waals surface area contributed by atoms with E-state index in [0.29, 0.717) is 18.9 Å². The first-order chi connectivity index (χ1) is 7.74. The van der Waals surface area contributed by atoms with E-state index in [-0.39, 0.29) is 0 Å². The molecule has 0 atom stereocenters. The number of aromatic nitrogens is 1.